The number of nitrogens with zero attached hydrogens (tertiary/aromatic N) is 6. The summed E-state index contributed by atoms with van der Waals surface area (Å²) in [4.78, 5) is 24.5. The third kappa shape index (κ3) is 4.27. The van der Waals surface area contributed by atoms with Crippen molar-refractivity contribution in [3.63, 3.8) is 0 Å². The van der Waals surface area contributed by atoms with Crippen LogP contribution in [0.5, 0.6) is 0 Å². The van der Waals surface area contributed by atoms with Gasteiger partial charge in [-0.3, -0.25) is 14.0 Å². The SMILES string of the molecule is Cc1nc2c(-c3ccc(C(F)(F)F)cc3)nc(N3CCO[C@H](c4cnn(C)c4)C3)cc2c(=O)n1C. The number of halogens is 3. The van der Waals surface area contributed by atoms with Gasteiger partial charge < -0.3 is 9.64 Å². The Labute approximate surface area is 198 Å². The van der Waals surface area contributed by atoms with Gasteiger partial charge in [0.2, 0.25) is 0 Å². The molecule has 0 N–H and O–H groups in total. The number of pyridine rings is 1. The maximum absolute atomic E-state index is 13.1. The quantitative estimate of drug-likeness (QED) is 0.442. The Morgan fingerprint density at radius 3 is 2.51 bits per heavy atom. The minimum atomic E-state index is -4.45. The van der Waals surface area contributed by atoms with Crippen molar-refractivity contribution < 1.29 is 17.9 Å². The van der Waals surface area contributed by atoms with Gasteiger partial charge in [0.15, 0.2) is 0 Å². The van der Waals surface area contributed by atoms with Crippen LogP contribution in [0.25, 0.3) is 22.2 Å². The third-order valence-electron chi connectivity index (χ3n) is 6.25. The molecule has 11 heteroatoms. The van der Waals surface area contributed by atoms with E-state index in [0.717, 1.165) is 17.7 Å². The zero-order valence-corrected chi connectivity index (χ0v) is 19.4. The van der Waals surface area contributed by atoms with Crippen LogP contribution in [0.1, 0.15) is 23.1 Å². The van der Waals surface area contributed by atoms with E-state index in [-0.39, 0.29) is 11.7 Å². The van der Waals surface area contributed by atoms with Gasteiger partial charge in [-0.05, 0) is 25.1 Å². The molecule has 0 saturated carbocycles. The van der Waals surface area contributed by atoms with Gasteiger partial charge in [-0.25, -0.2) is 9.97 Å². The van der Waals surface area contributed by atoms with E-state index in [4.69, 9.17) is 9.72 Å². The molecule has 1 aromatic carbocycles. The Morgan fingerprint density at radius 1 is 1.11 bits per heavy atom. The summed E-state index contributed by atoms with van der Waals surface area (Å²) in [6.07, 6.45) is -1.05. The van der Waals surface area contributed by atoms with Gasteiger partial charge in [-0.2, -0.15) is 18.3 Å². The number of rotatable bonds is 3. The molecule has 0 radical (unpaired) electrons. The standard InChI is InChI=1S/C24H23F3N6O2/c1-14-29-22-18(23(34)32(14)3)10-20(30-21(22)15-4-6-17(7-5-15)24(25,26)27)33-8-9-35-19(13-33)16-11-28-31(2)12-16/h4-7,10-12,19H,8-9,13H2,1-3H3/t19-/m0/s1. The van der Waals surface area contributed by atoms with E-state index in [1.807, 2.05) is 18.1 Å². The first kappa shape index (κ1) is 23.0. The molecule has 1 atom stereocenters. The second-order valence-corrected chi connectivity index (χ2v) is 8.58. The monoisotopic (exact) mass is 484 g/mol. The molecule has 0 spiro atoms. The summed E-state index contributed by atoms with van der Waals surface area (Å²) < 4.78 is 48.4. The predicted molar refractivity (Wildman–Crippen MR) is 124 cm³/mol. The summed E-state index contributed by atoms with van der Waals surface area (Å²) >= 11 is 0. The van der Waals surface area contributed by atoms with Gasteiger partial charge in [-0.1, -0.05) is 12.1 Å². The Bertz CT molecular complexity index is 1460. The molecule has 0 bridgehead atoms. The summed E-state index contributed by atoms with van der Waals surface area (Å²) in [5, 5.41) is 4.56. The van der Waals surface area contributed by atoms with Crippen LogP contribution in [-0.4, -0.2) is 44.0 Å². The highest BCUT2D eigenvalue weighted by Gasteiger charge is 2.30. The van der Waals surface area contributed by atoms with E-state index in [2.05, 4.69) is 10.1 Å². The summed E-state index contributed by atoms with van der Waals surface area (Å²) in [6, 6.07) is 6.44. The van der Waals surface area contributed by atoms with Crippen LogP contribution in [-0.2, 0) is 25.0 Å². The van der Waals surface area contributed by atoms with Crippen molar-refractivity contribution in [3.8, 4) is 11.3 Å². The van der Waals surface area contributed by atoms with E-state index in [1.54, 1.807) is 30.9 Å². The first-order valence-corrected chi connectivity index (χ1v) is 11.0. The molecular weight excluding hydrogens is 461 g/mol. The van der Waals surface area contributed by atoms with Crippen LogP contribution in [0.3, 0.4) is 0 Å². The highest BCUT2D eigenvalue weighted by atomic mass is 19.4. The molecule has 35 heavy (non-hydrogen) atoms. The number of anilines is 1. The number of aromatic nitrogens is 5. The number of morpholine rings is 1. The lowest BCUT2D eigenvalue weighted by Gasteiger charge is -2.33. The highest BCUT2D eigenvalue weighted by molar-refractivity contribution is 5.93. The minimum absolute atomic E-state index is 0.233. The summed E-state index contributed by atoms with van der Waals surface area (Å²) in [7, 11) is 3.46. The van der Waals surface area contributed by atoms with E-state index in [0.29, 0.717) is 53.5 Å². The lowest BCUT2D eigenvalue weighted by Crippen LogP contribution is -2.39. The summed E-state index contributed by atoms with van der Waals surface area (Å²) in [5.74, 6) is 1.01. The van der Waals surface area contributed by atoms with Gasteiger partial charge in [0.05, 0.1) is 29.4 Å². The molecule has 1 aliphatic heterocycles. The van der Waals surface area contributed by atoms with Crippen LogP contribution < -0.4 is 10.5 Å². The van der Waals surface area contributed by atoms with Crippen molar-refractivity contribution in [2.75, 3.05) is 24.6 Å². The average molecular weight is 484 g/mol. The largest absolute Gasteiger partial charge is 0.416 e. The van der Waals surface area contributed by atoms with Crippen molar-refractivity contribution >= 4 is 16.7 Å². The van der Waals surface area contributed by atoms with Crippen molar-refractivity contribution in [1.82, 2.24) is 24.3 Å². The molecule has 0 amide bonds. The Balaban J connectivity index is 1.63. The van der Waals surface area contributed by atoms with Gasteiger partial charge in [0, 0.05) is 44.5 Å². The fourth-order valence-corrected chi connectivity index (χ4v) is 4.21. The second kappa shape index (κ2) is 8.49. The van der Waals surface area contributed by atoms with E-state index >= 15 is 0 Å². The van der Waals surface area contributed by atoms with Gasteiger partial charge in [-0.15, -0.1) is 0 Å². The van der Waals surface area contributed by atoms with Crippen LogP contribution in [0, 0.1) is 6.92 Å². The molecule has 0 aliphatic carbocycles. The topological polar surface area (TPSA) is 78.1 Å². The third-order valence-corrected chi connectivity index (χ3v) is 6.25. The highest BCUT2D eigenvalue weighted by Crippen LogP contribution is 2.34. The van der Waals surface area contributed by atoms with Crippen molar-refractivity contribution in [3.05, 3.63) is 70.0 Å². The Morgan fingerprint density at radius 2 is 1.86 bits per heavy atom. The molecule has 8 nitrogen and oxygen atoms in total. The number of fused-ring (bicyclic) bond motifs is 1. The fourth-order valence-electron chi connectivity index (χ4n) is 4.21. The molecule has 1 aliphatic rings. The normalized spacial score (nSPS) is 16.7. The Hall–Kier alpha value is -3.73. The lowest BCUT2D eigenvalue weighted by atomic mass is 10.1. The fraction of sp³-hybridized carbons (Fsp3) is 0.333. The number of hydrogen-bond acceptors (Lipinski definition) is 6. The zero-order valence-electron chi connectivity index (χ0n) is 19.4. The first-order valence-electron chi connectivity index (χ1n) is 11.0. The predicted octanol–water partition coefficient (Wildman–Crippen LogP) is 3.63. The van der Waals surface area contributed by atoms with E-state index in [9.17, 15) is 18.0 Å². The molecule has 4 aromatic rings. The Kier molecular flexibility index (Phi) is 5.59. The maximum Gasteiger partial charge on any atom is 0.416 e. The zero-order chi connectivity index (χ0) is 24.9. The van der Waals surface area contributed by atoms with Crippen molar-refractivity contribution in [1.29, 1.82) is 0 Å². The second-order valence-electron chi connectivity index (χ2n) is 8.58. The van der Waals surface area contributed by atoms with E-state index in [1.165, 1.54) is 16.7 Å². The van der Waals surface area contributed by atoms with Gasteiger partial charge in [0.1, 0.15) is 23.3 Å². The number of ether oxygens (including phenoxy) is 1. The van der Waals surface area contributed by atoms with Gasteiger partial charge >= 0.3 is 6.18 Å². The molecule has 3 aromatic heterocycles. The van der Waals surface area contributed by atoms with E-state index < -0.39 is 11.7 Å². The molecule has 0 unspecified atom stereocenters. The lowest BCUT2D eigenvalue weighted by molar-refractivity contribution is -0.137. The number of aryl methyl sites for hydroxylation is 2. The molecule has 182 valence electrons. The summed E-state index contributed by atoms with van der Waals surface area (Å²) in [5.41, 5.74) is 1.08. The maximum atomic E-state index is 13.1. The van der Waals surface area contributed by atoms with Crippen molar-refractivity contribution in [2.45, 2.75) is 19.2 Å². The van der Waals surface area contributed by atoms with Crippen LogP contribution in [0.15, 0.2) is 47.5 Å². The average Bonchev–Trinajstić information content (AvgIpc) is 3.28. The number of alkyl halides is 3. The van der Waals surface area contributed by atoms with Crippen molar-refractivity contribution in [2.24, 2.45) is 14.1 Å². The molecule has 1 fully saturated rings. The number of hydrogen-bond donors (Lipinski definition) is 0. The van der Waals surface area contributed by atoms with Crippen LogP contribution >= 0.6 is 0 Å². The smallest absolute Gasteiger partial charge is 0.370 e. The molecular formula is C24H23F3N6O2. The molecule has 1 saturated heterocycles. The first-order chi connectivity index (χ1) is 16.6. The molecule has 4 heterocycles. The van der Waals surface area contributed by atoms with Crippen LogP contribution in [0.2, 0.25) is 0 Å². The molecule has 5 rings (SSSR count). The minimum Gasteiger partial charge on any atom is -0.370 e. The number of benzene rings is 1. The van der Waals surface area contributed by atoms with Gasteiger partial charge in [0.25, 0.3) is 5.56 Å². The summed E-state index contributed by atoms with van der Waals surface area (Å²) in [6.45, 7) is 3.17. The van der Waals surface area contributed by atoms with Crippen LogP contribution in [0.4, 0.5) is 19.0 Å².